The monoisotopic (exact) mass is 312 g/mol. The number of aliphatic carboxylic acids is 1. The van der Waals surface area contributed by atoms with Gasteiger partial charge in [0.25, 0.3) is 0 Å². The van der Waals surface area contributed by atoms with Crippen molar-refractivity contribution in [2.75, 3.05) is 13.2 Å². The summed E-state index contributed by atoms with van der Waals surface area (Å²) in [5.74, 6) is -1.01. The molecule has 1 saturated heterocycles. The van der Waals surface area contributed by atoms with Crippen LogP contribution in [0.2, 0.25) is 0 Å². The van der Waals surface area contributed by atoms with Gasteiger partial charge in [0.05, 0.1) is 6.54 Å². The van der Waals surface area contributed by atoms with E-state index >= 15 is 0 Å². The van der Waals surface area contributed by atoms with Crippen molar-refractivity contribution in [1.82, 2.24) is 10.6 Å². The highest BCUT2D eigenvalue weighted by Crippen LogP contribution is 2.21. The van der Waals surface area contributed by atoms with E-state index < -0.39 is 17.5 Å². The number of rotatable bonds is 5. The Hall–Kier alpha value is -1.60. The van der Waals surface area contributed by atoms with Crippen LogP contribution in [0.4, 0.5) is 4.79 Å². The molecule has 7 heteroatoms. The Morgan fingerprint density at radius 2 is 2.14 bits per heavy atom. The minimum atomic E-state index is -1.22. The maximum atomic E-state index is 12.0. The number of thiophene rings is 1. The van der Waals surface area contributed by atoms with Crippen LogP contribution in [0.3, 0.4) is 0 Å². The van der Waals surface area contributed by atoms with Gasteiger partial charge in [0.15, 0.2) is 0 Å². The molecule has 21 heavy (non-hydrogen) atoms. The lowest BCUT2D eigenvalue weighted by molar-refractivity contribution is -0.148. The number of carbonyl (C=O) groups excluding carboxylic acids is 1. The molecule has 0 atom stereocenters. The molecule has 0 unspecified atom stereocenters. The number of amides is 2. The summed E-state index contributed by atoms with van der Waals surface area (Å²) >= 11 is 1.59. The molecule has 1 aromatic heterocycles. The molecule has 6 nitrogen and oxygen atoms in total. The molecule has 0 radical (unpaired) electrons. The molecule has 0 aliphatic carbocycles. The summed E-state index contributed by atoms with van der Waals surface area (Å²) in [5.41, 5.74) is -0.00920. The quantitative estimate of drug-likeness (QED) is 0.773. The van der Waals surface area contributed by atoms with Gasteiger partial charge in [-0.15, -0.1) is 11.3 Å². The molecule has 0 saturated carbocycles. The topological polar surface area (TPSA) is 87.7 Å². The molecule has 2 rings (SSSR count). The van der Waals surface area contributed by atoms with Gasteiger partial charge in [0, 0.05) is 30.9 Å². The maximum Gasteiger partial charge on any atom is 0.329 e. The van der Waals surface area contributed by atoms with E-state index in [2.05, 4.69) is 17.6 Å². The summed E-state index contributed by atoms with van der Waals surface area (Å²) in [5, 5.41) is 16.7. The van der Waals surface area contributed by atoms with Gasteiger partial charge in [0.1, 0.15) is 5.54 Å². The average molecular weight is 312 g/mol. The molecule has 0 spiro atoms. The molecular formula is C14H20N2O4S. The maximum absolute atomic E-state index is 12.0. The van der Waals surface area contributed by atoms with Crippen molar-refractivity contribution in [2.45, 2.75) is 38.3 Å². The van der Waals surface area contributed by atoms with Crippen LogP contribution in [0.1, 0.15) is 30.2 Å². The van der Waals surface area contributed by atoms with E-state index in [0.717, 1.165) is 11.3 Å². The predicted octanol–water partition coefficient (Wildman–Crippen LogP) is 1.74. The largest absolute Gasteiger partial charge is 0.480 e. The number of carboxylic acids is 1. The standard InChI is InChI=1S/C14H20N2O4S/c1-2-10-3-8-21-11(10)9-15-13(19)16-14(12(17)18)4-6-20-7-5-14/h3,8H,2,4-7,9H2,1H3,(H,17,18)(H2,15,16,19). The number of nitrogens with one attached hydrogen (secondary N) is 2. The summed E-state index contributed by atoms with van der Waals surface area (Å²) in [6, 6.07) is 1.59. The molecule has 1 aliphatic heterocycles. The van der Waals surface area contributed by atoms with E-state index in [1.165, 1.54) is 5.56 Å². The SMILES string of the molecule is CCc1ccsc1CNC(=O)NC1(C(=O)O)CCOCC1. The van der Waals surface area contributed by atoms with Crippen molar-refractivity contribution in [3.05, 3.63) is 21.9 Å². The van der Waals surface area contributed by atoms with Gasteiger partial charge in [-0.2, -0.15) is 0 Å². The minimum absolute atomic E-state index is 0.287. The molecule has 1 fully saturated rings. The van der Waals surface area contributed by atoms with Crippen LogP contribution in [0.5, 0.6) is 0 Å². The molecule has 0 bridgehead atoms. The highest BCUT2D eigenvalue weighted by molar-refractivity contribution is 7.10. The Bertz CT molecular complexity index is 509. The Balaban J connectivity index is 1.92. The highest BCUT2D eigenvalue weighted by atomic mass is 32.1. The van der Waals surface area contributed by atoms with E-state index in [9.17, 15) is 14.7 Å². The summed E-state index contributed by atoms with van der Waals surface area (Å²) in [6.07, 6.45) is 1.49. The van der Waals surface area contributed by atoms with Crippen LogP contribution < -0.4 is 10.6 Å². The van der Waals surface area contributed by atoms with Gasteiger partial charge in [-0.25, -0.2) is 9.59 Å². The van der Waals surface area contributed by atoms with Crippen LogP contribution in [0.15, 0.2) is 11.4 Å². The predicted molar refractivity (Wildman–Crippen MR) is 79.5 cm³/mol. The summed E-state index contributed by atoms with van der Waals surface area (Å²) in [7, 11) is 0. The lowest BCUT2D eigenvalue weighted by Crippen LogP contribution is -2.59. The Morgan fingerprint density at radius 1 is 1.43 bits per heavy atom. The molecule has 2 heterocycles. The number of carboxylic acid groups (broad SMARTS) is 1. The van der Waals surface area contributed by atoms with Gasteiger partial charge in [-0.3, -0.25) is 0 Å². The van der Waals surface area contributed by atoms with E-state index in [1.54, 1.807) is 11.3 Å². The zero-order chi connectivity index (χ0) is 15.3. The highest BCUT2D eigenvalue weighted by Gasteiger charge is 2.41. The second kappa shape index (κ2) is 6.91. The first-order valence-corrected chi connectivity index (χ1v) is 7.88. The number of urea groups is 1. The van der Waals surface area contributed by atoms with Crippen LogP contribution in [0, 0.1) is 0 Å². The summed E-state index contributed by atoms with van der Waals surface area (Å²) in [6.45, 7) is 3.17. The van der Waals surface area contributed by atoms with E-state index in [0.29, 0.717) is 19.8 Å². The van der Waals surface area contributed by atoms with E-state index in [1.807, 2.05) is 11.4 Å². The number of carbonyl (C=O) groups is 2. The van der Waals surface area contributed by atoms with Crippen LogP contribution in [-0.2, 0) is 22.5 Å². The molecule has 1 aliphatic rings. The third kappa shape index (κ3) is 3.74. The molecular weight excluding hydrogens is 292 g/mol. The Kier molecular flexibility index (Phi) is 5.19. The van der Waals surface area contributed by atoms with Crippen molar-refractivity contribution in [3.8, 4) is 0 Å². The number of hydrogen-bond acceptors (Lipinski definition) is 4. The van der Waals surface area contributed by atoms with Gasteiger partial charge in [0.2, 0.25) is 0 Å². The smallest absolute Gasteiger partial charge is 0.329 e. The first-order chi connectivity index (χ1) is 10.1. The van der Waals surface area contributed by atoms with Gasteiger partial charge >= 0.3 is 12.0 Å². The zero-order valence-electron chi connectivity index (χ0n) is 12.0. The number of aryl methyl sites for hydroxylation is 1. The fourth-order valence-corrected chi connectivity index (χ4v) is 3.29. The molecule has 116 valence electrons. The fourth-order valence-electron chi connectivity index (χ4n) is 2.37. The Labute approximate surface area is 127 Å². The van der Waals surface area contributed by atoms with Gasteiger partial charge < -0.3 is 20.5 Å². The Morgan fingerprint density at radius 3 is 2.76 bits per heavy atom. The summed E-state index contributed by atoms with van der Waals surface area (Å²) < 4.78 is 5.17. The first-order valence-electron chi connectivity index (χ1n) is 7.00. The lowest BCUT2D eigenvalue weighted by Gasteiger charge is -2.33. The second-order valence-electron chi connectivity index (χ2n) is 5.03. The van der Waals surface area contributed by atoms with Crippen LogP contribution >= 0.6 is 11.3 Å². The number of hydrogen-bond donors (Lipinski definition) is 3. The molecule has 3 N–H and O–H groups in total. The van der Waals surface area contributed by atoms with Crippen molar-refractivity contribution >= 4 is 23.3 Å². The zero-order valence-corrected chi connectivity index (χ0v) is 12.8. The fraction of sp³-hybridized carbons (Fsp3) is 0.571. The molecule has 2 amide bonds. The van der Waals surface area contributed by atoms with Crippen molar-refractivity contribution in [3.63, 3.8) is 0 Å². The number of ether oxygens (including phenoxy) is 1. The minimum Gasteiger partial charge on any atom is -0.480 e. The lowest BCUT2D eigenvalue weighted by atomic mass is 9.90. The first kappa shape index (κ1) is 15.8. The third-order valence-electron chi connectivity index (χ3n) is 3.74. The molecule has 0 aromatic carbocycles. The van der Waals surface area contributed by atoms with Crippen LogP contribution in [0.25, 0.3) is 0 Å². The van der Waals surface area contributed by atoms with E-state index in [-0.39, 0.29) is 12.8 Å². The second-order valence-corrected chi connectivity index (χ2v) is 6.03. The average Bonchev–Trinajstić information content (AvgIpc) is 2.93. The van der Waals surface area contributed by atoms with Gasteiger partial charge in [-0.05, 0) is 23.4 Å². The van der Waals surface area contributed by atoms with Crippen molar-refractivity contribution in [2.24, 2.45) is 0 Å². The van der Waals surface area contributed by atoms with Crippen molar-refractivity contribution in [1.29, 1.82) is 0 Å². The van der Waals surface area contributed by atoms with E-state index in [4.69, 9.17) is 4.74 Å². The normalized spacial score (nSPS) is 17.2. The molecule has 1 aromatic rings. The van der Waals surface area contributed by atoms with Crippen LogP contribution in [-0.4, -0.2) is 35.9 Å². The summed E-state index contributed by atoms with van der Waals surface area (Å²) in [4.78, 5) is 24.5. The van der Waals surface area contributed by atoms with Crippen molar-refractivity contribution < 1.29 is 19.4 Å². The van der Waals surface area contributed by atoms with Gasteiger partial charge in [-0.1, -0.05) is 6.92 Å². The third-order valence-corrected chi connectivity index (χ3v) is 4.70.